The van der Waals surface area contributed by atoms with Gasteiger partial charge in [-0.25, -0.2) is 0 Å². The molecule has 18 heavy (non-hydrogen) atoms. The highest BCUT2D eigenvalue weighted by Crippen LogP contribution is 2.52. The Morgan fingerprint density at radius 1 is 1.22 bits per heavy atom. The van der Waals surface area contributed by atoms with Crippen molar-refractivity contribution in [2.45, 2.75) is 31.6 Å². The number of aryl methyl sites for hydroxylation is 1. The molecule has 0 amide bonds. The Labute approximate surface area is 108 Å². The monoisotopic (exact) mass is 237 g/mol. The summed E-state index contributed by atoms with van der Waals surface area (Å²) >= 11 is 0. The molecule has 2 aliphatic carbocycles. The van der Waals surface area contributed by atoms with Gasteiger partial charge in [0, 0.05) is 29.6 Å². The Balaban J connectivity index is 2.11. The van der Waals surface area contributed by atoms with Gasteiger partial charge in [0.05, 0.1) is 0 Å². The largest absolute Gasteiger partial charge is 0.347 e. The predicted molar refractivity (Wildman–Crippen MR) is 75.9 cm³/mol. The van der Waals surface area contributed by atoms with E-state index in [1.54, 1.807) is 11.3 Å². The first kappa shape index (κ1) is 10.4. The van der Waals surface area contributed by atoms with Gasteiger partial charge in [0.25, 0.3) is 0 Å². The molecule has 1 heteroatoms. The van der Waals surface area contributed by atoms with E-state index in [1.807, 2.05) is 0 Å². The maximum atomic E-state index is 2.47. The van der Waals surface area contributed by atoms with Crippen LogP contribution in [0, 0.1) is 5.92 Å². The Kier molecular flexibility index (Phi) is 2.03. The van der Waals surface area contributed by atoms with Crippen LogP contribution in [0.3, 0.4) is 0 Å². The first-order chi connectivity index (χ1) is 8.81. The van der Waals surface area contributed by atoms with E-state index >= 15 is 0 Å². The Hall–Kier alpha value is -1.50. The van der Waals surface area contributed by atoms with Gasteiger partial charge >= 0.3 is 0 Å². The topological polar surface area (TPSA) is 4.93 Å². The lowest BCUT2D eigenvalue weighted by molar-refractivity contribution is 0.433. The van der Waals surface area contributed by atoms with Crippen molar-refractivity contribution in [2.75, 3.05) is 0 Å². The molecule has 2 bridgehead atoms. The number of hydrogen-bond donors (Lipinski definition) is 0. The van der Waals surface area contributed by atoms with E-state index in [4.69, 9.17) is 0 Å². The van der Waals surface area contributed by atoms with Gasteiger partial charge in [0.15, 0.2) is 0 Å². The summed E-state index contributed by atoms with van der Waals surface area (Å²) < 4.78 is 2.43. The van der Waals surface area contributed by atoms with Crippen molar-refractivity contribution in [1.29, 1.82) is 0 Å². The number of fused-ring (bicyclic) bond motifs is 6. The highest BCUT2D eigenvalue weighted by atomic mass is 15.0. The lowest BCUT2D eigenvalue weighted by atomic mass is 9.75. The second kappa shape index (κ2) is 3.50. The molecule has 1 nitrogen and oxygen atoms in total. The van der Waals surface area contributed by atoms with Crippen molar-refractivity contribution >= 4 is 10.9 Å². The van der Waals surface area contributed by atoms with Crippen LogP contribution >= 0.6 is 0 Å². The average Bonchev–Trinajstić information content (AvgIpc) is 2.94. The molecule has 1 aromatic carbocycles. The van der Waals surface area contributed by atoms with Crippen LogP contribution < -0.4 is 0 Å². The van der Waals surface area contributed by atoms with Gasteiger partial charge in [-0.3, -0.25) is 0 Å². The summed E-state index contributed by atoms with van der Waals surface area (Å²) in [6.07, 6.45) is 7.49. The SMILES string of the molecule is CCC1c2c(n(C)c3ccccc23)[C@H]2C=C[C@@H]1C2. The molecule has 1 heterocycles. The molecule has 0 fully saturated rings. The van der Waals surface area contributed by atoms with Crippen molar-refractivity contribution in [3.63, 3.8) is 0 Å². The number of rotatable bonds is 1. The zero-order chi connectivity index (χ0) is 12.3. The van der Waals surface area contributed by atoms with Crippen LogP contribution in [0.4, 0.5) is 0 Å². The molecular weight excluding hydrogens is 218 g/mol. The number of nitrogens with zero attached hydrogens (tertiary/aromatic N) is 1. The van der Waals surface area contributed by atoms with Crippen molar-refractivity contribution in [3.8, 4) is 0 Å². The van der Waals surface area contributed by atoms with E-state index in [1.165, 1.54) is 23.7 Å². The normalized spacial score (nSPS) is 28.9. The molecule has 0 radical (unpaired) electrons. The Bertz CT molecular complexity index is 647. The van der Waals surface area contributed by atoms with Gasteiger partial charge in [-0.05, 0) is 36.3 Å². The van der Waals surface area contributed by atoms with Gasteiger partial charge in [0.1, 0.15) is 0 Å². The van der Waals surface area contributed by atoms with Crippen LogP contribution in [0.25, 0.3) is 10.9 Å². The van der Waals surface area contributed by atoms with E-state index in [9.17, 15) is 0 Å². The summed E-state index contributed by atoms with van der Waals surface area (Å²) in [5, 5.41) is 1.49. The summed E-state index contributed by atoms with van der Waals surface area (Å²) in [5.41, 5.74) is 4.62. The second-order valence-corrected chi connectivity index (χ2v) is 5.78. The van der Waals surface area contributed by atoms with Gasteiger partial charge in [-0.15, -0.1) is 0 Å². The van der Waals surface area contributed by atoms with Crippen molar-refractivity contribution < 1.29 is 0 Å². The van der Waals surface area contributed by atoms with E-state index in [2.05, 4.69) is 55.0 Å². The molecule has 3 atom stereocenters. The standard InChI is InChI=1S/C17H19N/c1-3-13-11-8-9-12(10-11)17-16(13)14-6-4-5-7-15(14)18(17)2/h4-9,11-13H,3,10H2,1-2H3/t11-,12+,13?/m1/s1. The van der Waals surface area contributed by atoms with E-state index < -0.39 is 0 Å². The number of hydrogen-bond acceptors (Lipinski definition) is 0. The summed E-state index contributed by atoms with van der Waals surface area (Å²) in [7, 11) is 2.24. The van der Waals surface area contributed by atoms with Gasteiger partial charge in [0.2, 0.25) is 0 Å². The maximum absolute atomic E-state index is 2.47. The van der Waals surface area contributed by atoms with E-state index in [-0.39, 0.29) is 0 Å². The first-order valence-electron chi connectivity index (χ1n) is 7.06. The molecule has 0 aliphatic heterocycles. The van der Waals surface area contributed by atoms with Gasteiger partial charge in [-0.2, -0.15) is 0 Å². The van der Waals surface area contributed by atoms with E-state index in [0.29, 0.717) is 5.92 Å². The van der Waals surface area contributed by atoms with Crippen LogP contribution in [0.1, 0.15) is 42.9 Å². The second-order valence-electron chi connectivity index (χ2n) is 5.78. The molecule has 0 spiro atoms. The molecule has 1 aromatic heterocycles. The lowest BCUT2D eigenvalue weighted by Gasteiger charge is -2.30. The summed E-state index contributed by atoms with van der Waals surface area (Å²) in [6, 6.07) is 8.90. The zero-order valence-corrected chi connectivity index (χ0v) is 11.1. The molecule has 0 saturated carbocycles. The van der Waals surface area contributed by atoms with Crippen LogP contribution in [-0.2, 0) is 7.05 Å². The number of para-hydroxylation sites is 1. The third-order valence-electron chi connectivity index (χ3n) is 4.99. The van der Waals surface area contributed by atoms with Crippen LogP contribution in [0.15, 0.2) is 36.4 Å². The minimum Gasteiger partial charge on any atom is -0.347 e. The highest BCUT2D eigenvalue weighted by Gasteiger charge is 2.38. The molecule has 2 aromatic rings. The number of benzene rings is 1. The fraction of sp³-hybridized carbons (Fsp3) is 0.412. The molecule has 92 valence electrons. The fourth-order valence-corrected chi connectivity index (χ4v) is 4.23. The molecular formula is C17H19N. The number of aromatic nitrogens is 1. The smallest absolute Gasteiger partial charge is 0.0483 e. The third kappa shape index (κ3) is 1.12. The molecule has 0 saturated heterocycles. The van der Waals surface area contributed by atoms with Crippen LogP contribution in [0.5, 0.6) is 0 Å². The highest BCUT2D eigenvalue weighted by molar-refractivity contribution is 5.87. The Morgan fingerprint density at radius 2 is 2.06 bits per heavy atom. The zero-order valence-electron chi connectivity index (χ0n) is 11.1. The summed E-state index contributed by atoms with van der Waals surface area (Å²) in [4.78, 5) is 0. The minimum absolute atomic E-state index is 0.658. The predicted octanol–water partition coefficient (Wildman–Crippen LogP) is 4.35. The van der Waals surface area contributed by atoms with Gasteiger partial charge in [-0.1, -0.05) is 37.3 Å². The van der Waals surface area contributed by atoms with Crippen LogP contribution in [0.2, 0.25) is 0 Å². The molecule has 2 aliphatic rings. The van der Waals surface area contributed by atoms with Crippen molar-refractivity contribution in [1.82, 2.24) is 4.57 Å². The molecule has 1 unspecified atom stereocenters. The Morgan fingerprint density at radius 3 is 2.89 bits per heavy atom. The maximum Gasteiger partial charge on any atom is 0.0483 e. The van der Waals surface area contributed by atoms with Crippen molar-refractivity contribution in [2.24, 2.45) is 13.0 Å². The first-order valence-corrected chi connectivity index (χ1v) is 7.06. The van der Waals surface area contributed by atoms with Crippen molar-refractivity contribution in [3.05, 3.63) is 47.7 Å². The van der Waals surface area contributed by atoms with E-state index in [0.717, 1.165) is 11.8 Å². The number of allylic oxidation sites excluding steroid dienone is 2. The fourth-order valence-electron chi connectivity index (χ4n) is 4.23. The molecule has 4 rings (SSSR count). The van der Waals surface area contributed by atoms with Gasteiger partial charge < -0.3 is 4.57 Å². The lowest BCUT2D eigenvalue weighted by Crippen LogP contribution is -2.18. The quantitative estimate of drug-likeness (QED) is 0.650. The summed E-state index contributed by atoms with van der Waals surface area (Å²) in [6.45, 7) is 2.34. The summed E-state index contributed by atoms with van der Waals surface area (Å²) in [5.74, 6) is 2.16. The third-order valence-corrected chi connectivity index (χ3v) is 4.99. The average molecular weight is 237 g/mol. The van der Waals surface area contributed by atoms with Crippen LogP contribution in [-0.4, -0.2) is 4.57 Å². The molecule has 0 N–H and O–H groups in total. The minimum atomic E-state index is 0.658.